The van der Waals surface area contributed by atoms with E-state index in [-0.39, 0.29) is 0 Å². The van der Waals surface area contributed by atoms with Gasteiger partial charge in [0.1, 0.15) is 0 Å². The molecule has 282 valence electrons. The average molecular weight is 765 g/mol. The summed E-state index contributed by atoms with van der Waals surface area (Å²) < 4.78 is 2.41. The molecule has 0 aliphatic carbocycles. The minimum atomic E-state index is 1.10. The van der Waals surface area contributed by atoms with Gasteiger partial charge in [-0.15, -0.1) is 0 Å². The first-order chi connectivity index (χ1) is 29.7. The molecule has 0 saturated carbocycles. The number of hydrogen-bond donors (Lipinski definition) is 0. The molecule has 0 unspecified atom stereocenters. The zero-order valence-electron chi connectivity index (χ0n) is 33.0. The second-order valence-electron chi connectivity index (χ2n) is 15.4. The summed E-state index contributed by atoms with van der Waals surface area (Å²) in [4.78, 5) is 2.34. The molecular weight excluding hydrogens is 725 g/mol. The molecular formula is C58H40N2. The molecule has 0 radical (unpaired) electrons. The number of nitrogens with zero attached hydrogens (tertiary/aromatic N) is 2. The fourth-order valence-electron chi connectivity index (χ4n) is 8.79. The number of fused-ring (bicyclic) bond motifs is 4. The summed E-state index contributed by atoms with van der Waals surface area (Å²) in [5, 5.41) is 5.03. The molecule has 10 aromatic carbocycles. The van der Waals surface area contributed by atoms with Crippen LogP contribution in [0.3, 0.4) is 0 Å². The fraction of sp³-hybridized carbons (Fsp3) is 0. The van der Waals surface area contributed by atoms with E-state index < -0.39 is 0 Å². The molecule has 0 amide bonds. The Bertz CT molecular complexity index is 3220. The molecule has 11 rings (SSSR count). The molecule has 2 nitrogen and oxygen atoms in total. The van der Waals surface area contributed by atoms with E-state index in [1.165, 1.54) is 82.8 Å². The Kier molecular flexibility index (Phi) is 8.87. The van der Waals surface area contributed by atoms with E-state index in [0.717, 1.165) is 17.1 Å². The maximum atomic E-state index is 2.41. The number of anilines is 3. The van der Waals surface area contributed by atoms with E-state index in [2.05, 4.69) is 252 Å². The fourth-order valence-corrected chi connectivity index (χ4v) is 8.79. The molecule has 0 spiro atoms. The summed E-state index contributed by atoms with van der Waals surface area (Å²) >= 11 is 0. The van der Waals surface area contributed by atoms with E-state index in [1.54, 1.807) is 0 Å². The van der Waals surface area contributed by atoms with Crippen LogP contribution in [0.1, 0.15) is 0 Å². The van der Waals surface area contributed by atoms with E-state index in [4.69, 9.17) is 0 Å². The van der Waals surface area contributed by atoms with Crippen molar-refractivity contribution in [3.05, 3.63) is 243 Å². The second kappa shape index (κ2) is 15.1. The van der Waals surface area contributed by atoms with Gasteiger partial charge in [-0.1, -0.05) is 182 Å². The first-order valence-corrected chi connectivity index (χ1v) is 20.6. The minimum absolute atomic E-state index is 1.10. The Labute approximate surface area is 350 Å². The van der Waals surface area contributed by atoms with Crippen molar-refractivity contribution in [2.75, 3.05) is 4.90 Å². The predicted octanol–water partition coefficient (Wildman–Crippen LogP) is 16.1. The average Bonchev–Trinajstić information content (AvgIpc) is 3.67. The summed E-state index contributed by atoms with van der Waals surface area (Å²) in [6, 6.07) is 87.8. The number of hydrogen-bond acceptors (Lipinski definition) is 1. The van der Waals surface area contributed by atoms with Crippen molar-refractivity contribution in [3.63, 3.8) is 0 Å². The largest absolute Gasteiger partial charge is 0.311 e. The third kappa shape index (κ3) is 6.41. The number of rotatable bonds is 8. The highest BCUT2D eigenvalue weighted by atomic mass is 15.1. The molecule has 0 fully saturated rings. The van der Waals surface area contributed by atoms with Crippen molar-refractivity contribution in [3.8, 4) is 50.2 Å². The first kappa shape index (κ1) is 35.2. The summed E-state index contributed by atoms with van der Waals surface area (Å²) in [5.74, 6) is 0. The van der Waals surface area contributed by atoms with Crippen molar-refractivity contribution < 1.29 is 0 Å². The Balaban J connectivity index is 0.922. The Morgan fingerprint density at radius 2 is 0.667 bits per heavy atom. The van der Waals surface area contributed by atoms with Crippen LogP contribution in [0.2, 0.25) is 0 Å². The van der Waals surface area contributed by atoms with Crippen molar-refractivity contribution >= 4 is 49.6 Å². The van der Waals surface area contributed by atoms with Gasteiger partial charge in [0.15, 0.2) is 0 Å². The minimum Gasteiger partial charge on any atom is -0.311 e. The molecule has 0 atom stereocenters. The molecule has 2 heteroatoms. The quantitative estimate of drug-likeness (QED) is 0.150. The normalized spacial score (nSPS) is 11.3. The van der Waals surface area contributed by atoms with Gasteiger partial charge < -0.3 is 9.47 Å². The molecule has 60 heavy (non-hydrogen) atoms. The van der Waals surface area contributed by atoms with Crippen LogP contribution >= 0.6 is 0 Å². The molecule has 0 aliphatic rings. The summed E-state index contributed by atoms with van der Waals surface area (Å²) in [6.45, 7) is 0. The van der Waals surface area contributed by atoms with Crippen LogP contribution < -0.4 is 4.90 Å². The van der Waals surface area contributed by atoms with Crippen LogP contribution in [0.15, 0.2) is 243 Å². The van der Waals surface area contributed by atoms with Crippen LogP contribution in [-0.4, -0.2) is 4.57 Å². The van der Waals surface area contributed by atoms with Gasteiger partial charge in [-0.25, -0.2) is 0 Å². The Morgan fingerprint density at radius 3 is 1.25 bits per heavy atom. The summed E-state index contributed by atoms with van der Waals surface area (Å²) in [5.41, 5.74) is 16.5. The third-order valence-electron chi connectivity index (χ3n) is 11.8. The highest BCUT2D eigenvalue weighted by Crippen LogP contribution is 2.40. The molecule has 0 aliphatic heterocycles. The lowest BCUT2D eigenvalue weighted by atomic mass is 9.98. The van der Waals surface area contributed by atoms with Gasteiger partial charge >= 0.3 is 0 Å². The summed E-state index contributed by atoms with van der Waals surface area (Å²) in [7, 11) is 0. The Morgan fingerprint density at radius 1 is 0.267 bits per heavy atom. The monoisotopic (exact) mass is 764 g/mol. The maximum Gasteiger partial charge on any atom is 0.0541 e. The lowest BCUT2D eigenvalue weighted by Crippen LogP contribution is -2.09. The van der Waals surface area contributed by atoms with Crippen molar-refractivity contribution in [1.29, 1.82) is 0 Å². The van der Waals surface area contributed by atoms with Crippen molar-refractivity contribution in [2.45, 2.75) is 0 Å². The lowest BCUT2D eigenvalue weighted by Gasteiger charge is -2.26. The van der Waals surface area contributed by atoms with Gasteiger partial charge in [-0.2, -0.15) is 0 Å². The lowest BCUT2D eigenvalue weighted by molar-refractivity contribution is 1.18. The standard InChI is InChI=1S/C58H40N2/c1-2-12-41(13-3-1)44-28-34-50(35-29-44)59(52-38-32-46(33-39-52)49-27-24-42-14-4-5-15-48(42)40-49)51-36-30-45(31-37-51)43-22-25-47(26-23-43)53-16-6-9-19-56(53)60-57-20-10-7-17-54(57)55-18-8-11-21-58(55)60/h1-40H. The van der Waals surface area contributed by atoms with E-state index in [0.29, 0.717) is 0 Å². The maximum absolute atomic E-state index is 2.41. The smallest absolute Gasteiger partial charge is 0.0541 e. The van der Waals surface area contributed by atoms with Gasteiger partial charge in [-0.3, -0.25) is 0 Å². The summed E-state index contributed by atoms with van der Waals surface area (Å²) in [6.07, 6.45) is 0. The van der Waals surface area contributed by atoms with Gasteiger partial charge in [0.25, 0.3) is 0 Å². The van der Waals surface area contributed by atoms with Crippen LogP contribution in [0.5, 0.6) is 0 Å². The van der Waals surface area contributed by atoms with E-state index in [1.807, 2.05) is 0 Å². The SMILES string of the molecule is c1ccc(-c2ccc(N(c3ccc(-c4ccc(-c5ccccc5-n5c6ccccc6c6ccccc65)cc4)cc3)c3ccc(-c4ccc5ccccc5c4)cc3)cc2)cc1. The molecule has 11 aromatic rings. The third-order valence-corrected chi connectivity index (χ3v) is 11.8. The van der Waals surface area contributed by atoms with Gasteiger partial charge in [0.2, 0.25) is 0 Å². The van der Waals surface area contributed by atoms with Gasteiger partial charge in [-0.05, 0) is 110 Å². The van der Waals surface area contributed by atoms with Gasteiger partial charge in [0, 0.05) is 33.4 Å². The topological polar surface area (TPSA) is 8.17 Å². The van der Waals surface area contributed by atoms with Crippen LogP contribution in [0.4, 0.5) is 17.1 Å². The zero-order chi connectivity index (χ0) is 39.8. The second-order valence-corrected chi connectivity index (χ2v) is 15.4. The number of para-hydroxylation sites is 3. The number of aromatic nitrogens is 1. The van der Waals surface area contributed by atoms with Gasteiger partial charge in [0.05, 0.1) is 16.7 Å². The molecule has 0 bridgehead atoms. The van der Waals surface area contributed by atoms with Crippen LogP contribution in [-0.2, 0) is 0 Å². The van der Waals surface area contributed by atoms with Crippen molar-refractivity contribution in [1.82, 2.24) is 4.57 Å². The highest BCUT2D eigenvalue weighted by Gasteiger charge is 2.17. The molecule has 1 heterocycles. The van der Waals surface area contributed by atoms with Crippen molar-refractivity contribution in [2.24, 2.45) is 0 Å². The zero-order valence-corrected chi connectivity index (χ0v) is 33.0. The van der Waals surface area contributed by atoms with Crippen LogP contribution in [0, 0.1) is 0 Å². The molecule has 1 aromatic heterocycles. The first-order valence-electron chi connectivity index (χ1n) is 20.6. The highest BCUT2D eigenvalue weighted by molar-refractivity contribution is 6.09. The number of benzene rings is 10. The Hall–Kier alpha value is -7.94. The van der Waals surface area contributed by atoms with E-state index in [9.17, 15) is 0 Å². The van der Waals surface area contributed by atoms with E-state index >= 15 is 0 Å². The molecule has 0 N–H and O–H groups in total. The predicted molar refractivity (Wildman–Crippen MR) is 255 cm³/mol. The van der Waals surface area contributed by atoms with Crippen LogP contribution in [0.25, 0.3) is 82.8 Å². The molecule has 0 saturated heterocycles.